The minimum atomic E-state index is -0.660. The lowest BCUT2D eigenvalue weighted by molar-refractivity contribution is -0.136. The number of benzene rings is 2. The van der Waals surface area contributed by atoms with Crippen molar-refractivity contribution < 1.29 is 19.1 Å². The first-order chi connectivity index (χ1) is 14.6. The molecule has 3 N–H and O–H groups in total. The van der Waals surface area contributed by atoms with Crippen molar-refractivity contribution in [3.05, 3.63) is 65.4 Å². The van der Waals surface area contributed by atoms with Gasteiger partial charge in [-0.05, 0) is 29.8 Å². The van der Waals surface area contributed by atoms with Crippen LogP contribution in [0.2, 0.25) is 0 Å². The summed E-state index contributed by atoms with van der Waals surface area (Å²) in [5, 5.41) is 6.24. The van der Waals surface area contributed by atoms with Crippen molar-refractivity contribution in [1.82, 2.24) is 20.6 Å². The van der Waals surface area contributed by atoms with Gasteiger partial charge in [-0.2, -0.15) is 0 Å². The number of carbonyl (C=O) groups excluding carboxylic acids is 2. The van der Waals surface area contributed by atoms with E-state index in [0.717, 1.165) is 16.6 Å². The molecule has 0 spiro atoms. The van der Waals surface area contributed by atoms with E-state index in [1.807, 2.05) is 30.3 Å². The molecule has 1 atom stereocenters. The Hall–Kier alpha value is -3.46. The summed E-state index contributed by atoms with van der Waals surface area (Å²) < 4.78 is 10.3. The molecule has 0 aliphatic carbocycles. The molecule has 0 bridgehead atoms. The minimum Gasteiger partial charge on any atom is -0.497 e. The van der Waals surface area contributed by atoms with E-state index in [9.17, 15) is 9.59 Å². The molecular weight excluding hydrogens is 404 g/mol. The van der Waals surface area contributed by atoms with Crippen molar-refractivity contribution in [3.8, 4) is 5.75 Å². The molecule has 0 fully saturated rings. The van der Waals surface area contributed by atoms with Crippen molar-refractivity contribution in [1.29, 1.82) is 0 Å². The largest absolute Gasteiger partial charge is 0.497 e. The van der Waals surface area contributed by atoms with Crippen molar-refractivity contribution in [2.45, 2.75) is 11.2 Å². The van der Waals surface area contributed by atoms with E-state index in [1.165, 1.54) is 18.9 Å². The van der Waals surface area contributed by atoms with Crippen LogP contribution >= 0.6 is 11.8 Å². The lowest BCUT2D eigenvalue weighted by atomic mass is 9.95. The average Bonchev–Trinajstić information content (AvgIpc) is 3.20. The number of hydrogen-bond acceptors (Lipinski definition) is 6. The average molecular weight is 424 g/mol. The predicted molar refractivity (Wildman–Crippen MR) is 113 cm³/mol. The summed E-state index contributed by atoms with van der Waals surface area (Å²) in [6, 6.07) is 13.9. The van der Waals surface area contributed by atoms with Crippen LogP contribution in [0, 0.1) is 0 Å². The molecule has 1 aliphatic rings. The van der Waals surface area contributed by atoms with E-state index in [2.05, 4.69) is 20.6 Å². The quantitative estimate of drug-likeness (QED) is 0.415. The highest BCUT2D eigenvalue weighted by molar-refractivity contribution is 7.99. The first kappa shape index (κ1) is 19.8. The summed E-state index contributed by atoms with van der Waals surface area (Å²) >= 11 is 1.39. The summed E-state index contributed by atoms with van der Waals surface area (Å²) in [6.45, 7) is 0. The zero-order valence-corrected chi connectivity index (χ0v) is 17.2. The van der Waals surface area contributed by atoms with E-state index in [-0.39, 0.29) is 0 Å². The monoisotopic (exact) mass is 424 g/mol. The van der Waals surface area contributed by atoms with Crippen molar-refractivity contribution in [2.75, 3.05) is 20.0 Å². The topological polar surface area (TPSA) is 105 Å². The number of fused-ring (bicyclic) bond motifs is 1. The molecule has 4 rings (SSSR count). The lowest BCUT2D eigenvalue weighted by Gasteiger charge is -2.29. The number of urea groups is 1. The van der Waals surface area contributed by atoms with Crippen LogP contribution in [0.15, 0.2) is 65.0 Å². The van der Waals surface area contributed by atoms with E-state index >= 15 is 0 Å². The van der Waals surface area contributed by atoms with Crippen molar-refractivity contribution in [2.24, 2.45) is 0 Å². The Labute approximate surface area is 177 Å². The second-order valence-electron chi connectivity index (χ2n) is 6.54. The van der Waals surface area contributed by atoms with Gasteiger partial charge >= 0.3 is 12.0 Å². The molecule has 0 saturated carbocycles. The highest BCUT2D eigenvalue weighted by atomic mass is 32.2. The Bertz CT molecular complexity index is 1110. The van der Waals surface area contributed by atoms with E-state index in [0.29, 0.717) is 27.9 Å². The number of para-hydroxylation sites is 2. The highest BCUT2D eigenvalue weighted by Crippen LogP contribution is 2.31. The fourth-order valence-electron chi connectivity index (χ4n) is 3.29. The Morgan fingerprint density at radius 2 is 2.00 bits per heavy atom. The van der Waals surface area contributed by atoms with Gasteiger partial charge in [-0.3, -0.25) is 0 Å². The van der Waals surface area contributed by atoms with E-state index in [4.69, 9.17) is 9.47 Å². The molecule has 2 aromatic carbocycles. The van der Waals surface area contributed by atoms with Gasteiger partial charge in [0, 0.05) is 11.4 Å². The smallest absolute Gasteiger partial charge is 0.338 e. The number of carbonyl (C=O) groups is 2. The summed E-state index contributed by atoms with van der Waals surface area (Å²) in [7, 11) is 2.88. The fraction of sp³-hybridized carbons (Fsp3) is 0.190. The Morgan fingerprint density at radius 3 is 2.77 bits per heavy atom. The van der Waals surface area contributed by atoms with E-state index in [1.54, 1.807) is 25.3 Å². The van der Waals surface area contributed by atoms with Gasteiger partial charge < -0.3 is 25.1 Å². The summed E-state index contributed by atoms with van der Waals surface area (Å²) in [5.74, 6) is 0.441. The normalized spacial score (nSPS) is 16.2. The Morgan fingerprint density at radius 1 is 1.17 bits per heavy atom. The third-order valence-corrected chi connectivity index (χ3v) is 5.61. The number of nitrogens with one attached hydrogen (secondary N) is 3. The third-order valence-electron chi connectivity index (χ3n) is 4.71. The van der Waals surface area contributed by atoms with Gasteiger partial charge in [0.05, 0.1) is 36.9 Å². The molecule has 1 aromatic heterocycles. The first-order valence-electron chi connectivity index (χ1n) is 9.19. The van der Waals surface area contributed by atoms with Crippen LogP contribution in [0.4, 0.5) is 4.79 Å². The number of esters is 1. The van der Waals surface area contributed by atoms with Crippen LogP contribution in [0.3, 0.4) is 0 Å². The number of methoxy groups -OCH3 is 2. The number of thioether (sulfide) groups is 1. The predicted octanol–water partition coefficient (Wildman–Crippen LogP) is 3.14. The number of ether oxygens (including phenoxy) is 2. The molecule has 2 heterocycles. The molecule has 30 heavy (non-hydrogen) atoms. The van der Waals surface area contributed by atoms with Gasteiger partial charge in [-0.15, -0.1) is 0 Å². The van der Waals surface area contributed by atoms with Crippen LogP contribution in [0.25, 0.3) is 11.0 Å². The van der Waals surface area contributed by atoms with Crippen LogP contribution in [0.5, 0.6) is 5.75 Å². The number of hydrogen-bond donors (Lipinski definition) is 3. The maximum Gasteiger partial charge on any atom is 0.338 e. The SMILES string of the molecule is COC(=O)C1=C(CSc2nc3ccccc3[nH]2)NC(=O)NC1c1cccc(OC)c1. The maximum atomic E-state index is 12.6. The van der Waals surface area contributed by atoms with Crippen LogP contribution < -0.4 is 15.4 Å². The zero-order chi connectivity index (χ0) is 21.1. The molecule has 9 heteroatoms. The van der Waals surface area contributed by atoms with Gasteiger partial charge in [-0.25, -0.2) is 14.6 Å². The van der Waals surface area contributed by atoms with Gasteiger partial charge in [-0.1, -0.05) is 36.0 Å². The highest BCUT2D eigenvalue weighted by Gasteiger charge is 2.33. The van der Waals surface area contributed by atoms with E-state index < -0.39 is 18.0 Å². The minimum absolute atomic E-state index is 0.331. The van der Waals surface area contributed by atoms with Crippen LogP contribution in [0.1, 0.15) is 11.6 Å². The van der Waals surface area contributed by atoms with Crippen LogP contribution in [-0.4, -0.2) is 41.9 Å². The number of amides is 2. The molecule has 1 aliphatic heterocycles. The van der Waals surface area contributed by atoms with Gasteiger partial charge in [0.25, 0.3) is 0 Å². The molecule has 154 valence electrons. The summed E-state index contributed by atoms with van der Waals surface area (Å²) in [4.78, 5) is 32.7. The third kappa shape index (κ3) is 3.97. The lowest BCUT2D eigenvalue weighted by Crippen LogP contribution is -2.46. The first-order valence-corrected chi connectivity index (χ1v) is 10.2. The van der Waals surface area contributed by atoms with Gasteiger partial charge in [0.15, 0.2) is 5.16 Å². The molecule has 0 radical (unpaired) electrons. The number of imidazole rings is 1. The molecule has 0 saturated heterocycles. The van der Waals surface area contributed by atoms with Crippen LogP contribution in [-0.2, 0) is 9.53 Å². The second-order valence-corrected chi connectivity index (χ2v) is 7.50. The number of aromatic nitrogens is 2. The molecular formula is C21H20N4O4S. The number of H-pyrrole nitrogens is 1. The Balaban J connectivity index is 1.68. The van der Waals surface area contributed by atoms with Crippen molar-refractivity contribution >= 4 is 34.8 Å². The van der Waals surface area contributed by atoms with Gasteiger partial charge in [0.1, 0.15) is 5.75 Å². The number of rotatable bonds is 6. The number of aromatic amines is 1. The zero-order valence-electron chi connectivity index (χ0n) is 16.4. The standard InChI is InChI=1S/C21H20N4O4S/c1-28-13-7-5-6-12(10-13)18-17(19(26)29-2)16(22-20(27)25-18)11-30-21-23-14-8-3-4-9-15(14)24-21/h3-10,18H,11H2,1-2H3,(H,23,24)(H2,22,25,27). The molecule has 3 aromatic rings. The second kappa shape index (κ2) is 8.50. The Kier molecular flexibility index (Phi) is 5.62. The molecule has 2 amide bonds. The fourth-order valence-corrected chi connectivity index (χ4v) is 4.15. The molecule has 1 unspecified atom stereocenters. The summed E-state index contributed by atoms with van der Waals surface area (Å²) in [5.41, 5.74) is 3.31. The maximum absolute atomic E-state index is 12.6. The molecule has 8 nitrogen and oxygen atoms in total. The number of nitrogens with zero attached hydrogens (tertiary/aromatic N) is 1. The van der Waals surface area contributed by atoms with Gasteiger partial charge in [0.2, 0.25) is 0 Å². The van der Waals surface area contributed by atoms with Crippen molar-refractivity contribution in [3.63, 3.8) is 0 Å². The summed E-state index contributed by atoms with van der Waals surface area (Å²) in [6.07, 6.45) is 0.